The average Bonchev–Trinajstić information content (AvgIpc) is 2.88. The number of aromatic amines is 1. The van der Waals surface area contributed by atoms with Crippen LogP contribution in [-0.4, -0.2) is 29.9 Å². The first-order chi connectivity index (χ1) is 9.08. The minimum Gasteiger partial charge on any atom is -0.380 e. The molecule has 1 aromatic heterocycles. The third-order valence-electron chi connectivity index (χ3n) is 2.76. The van der Waals surface area contributed by atoms with Crippen molar-refractivity contribution in [2.24, 2.45) is 0 Å². The van der Waals surface area contributed by atoms with E-state index in [0.29, 0.717) is 17.1 Å². The Bertz CT molecular complexity index is 564. The monoisotopic (exact) mass is 277 g/mol. The quantitative estimate of drug-likeness (QED) is 0.903. The number of carbonyl (C=O) groups excluding carboxylic acids is 1. The number of amides is 1. The van der Waals surface area contributed by atoms with Gasteiger partial charge in [-0.05, 0) is 29.8 Å². The molecule has 100 valence electrons. The van der Waals surface area contributed by atoms with E-state index in [9.17, 15) is 4.79 Å². The lowest BCUT2D eigenvalue weighted by Crippen LogP contribution is -2.22. The van der Waals surface area contributed by atoms with Gasteiger partial charge < -0.3 is 15.2 Å². The van der Waals surface area contributed by atoms with E-state index in [0.717, 1.165) is 11.3 Å². The summed E-state index contributed by atoms with van der Waals surface area (Å²) in [7, 11) is 3.46. The van der Waals surface area contributed by atoms with Crippen molar-refractivity contribution in [3.8, 4) is 0 Å². The lowest BCUT2D eigenvalue weighted by molar-refractivity contribution is 0.0828. The molecule has 0 spiro atoms. The van der Waals surface area contributed by atoms with Crippen LogP contribution in [-0.2, 0) is 6.54 Å². The number of rotatable bonds is 4. The van der Waals surface area contributed by atoms with Crippen molar-refractivity contribution in [3.05, 3.63) is 52.8 Å². The smallest absolute Gasteiger partial charge is 0.255 e. The van der Waals surface area contributed by atoms with Crippen LogP contribution in [0.5, 0.6) is 0 Å². The molecule has 0 bridgehead atoms. The molecule has 0 atom stereocenters. The zero-order chi connectivity index (χ0) is 13.8. The van der Waals surface area contributed by atoms with Crippen molar-refractivity contribution < 1.29 is 4.79 Å². The van der Waals surface area contributed by atoms with Crippen molar-refractivity contribution in [2.75, 3.05) is 19.4 Å². The molecule has 1 aromatic carbocycles. The van der Waals surface area contributed by atoms with Crippen LogP contribution in [0.4, 0.5) is 5.69 Å². The second-order valence-corrected chi connectivity index (χ2v) is 4.90. The number of H-pyrrole nitrogens is 1. The molecule has 0 fully saturated rings. The van der Waals surface area contributed by atoms with Crippen LogP contribution in [0.2, 0.25) is 5.02 Å². The number of nitrogens with one attached hydrogen (secondary N) is 2. The van der Waals surface area contributed by atoms with Crippen LogP contribution in [0.25, 0.3) is 0 Å². The Kier molecular flexibility index (Phi) is 4.12. The van der Waals surface area contributed by atoms with Gasteiger partial charge in [-0.15, -0.1) is 0 Å². The lowest BCUT2D eigenvalue weighted by atomic mass is 10.1. The molecule has 0 aliphatic rings. The molecule has 5 heteroatoms. The molecule has 19 heavy (non-hydrogen) atoms. The molecular formula is C14H16ClN3O. The molecule has 0 unspecified atom stereocenters. The summed E-state index contributed by atoms with van der Waals surface area (Å²) in [6, 6.07) is 7.21. The van der Waals surface area contributed by atoms with E-state index in [-0.39, 0.29) is 5.91 Å². The van der Waals surface area contributed by atoms with Crippen LogP contribution < -0.4 is 5.32 Å². The molecule has 4 nitrogen and oxygen atoms in total. The number of nitrogens with zero attached hydrogens (tertiary/aromatic N) is 1. The van der Waals surface area contributed by atoms with E-state index in [4.69, 9.17) is 11.6 Å². The highest BCUT2D eigenvalue weighted by molar-refractivity contribution is 6.31. The van der Waals surface area contributed by atoms with Crippen LogP contribution in [0.15, 0.2) is 36.7 Å². The summed E-state index contributed by atoms with van der Waals surface area (Å²) in [6.07, 6.45) is 3.77. The Labute approximate surface area is 117 Å². The highest BCUT2D eigenvalue weighted by Gasteiger charge is 2.13. The summed E-state index contributed by atoms with van der Waals surface area (Å²) >= 11 is 5.99. The third kappa shape index (κ3) is 3.29. The van der Waals surface area contributed by atoms with Gasteiger partial charge in [0.15, 0.2) is 0 Å². The van der Waals surface area contributed by atoms with Crippen LogP contribution in [0.3, 0.4) is 0 Å². The van der Waals surface area contributed by atoms with Gasteiger partial charge in [0, 0.05) is 43.7 Å². The molecule has 1 heterocycles. The molecule has 0 aliphatic heterocycles. The highest BCUT2D eigenvalue weighted by atomic mass is 35.5. The third-order valence-corrected chi connectivity index (χ3v) is 3.00. The number of hydrogen-bond acceptors (Lipinski definition) is 2. The summed E-state index contributed by atoms with van der Waals surface area (Å²) in [4.78, 5) is 16.6. The van der Waals surface area contributed by atoms with Gasteiger partial charge in [-0.2, -0.15) is 0 Å². The molecule has 2 aromatic rings. The molecule has 0 aliphatic carbocycles. The minimum atomic E-state index is -0.0479. The van der Waals surface area contributed by atoms with Gasteiger partial charge in [-0.1, -0.05) is 11.6 Å². The van der Waals surface area contributed by atoms with Gasteiger partial charge in [-0.25, -0.2) is 0 Å². The first-order valence-corrected chi connectivity index (χ1v) is 6.32. The van der Waals surface area contributed by atoms with Gasteiger partial charge in [0.25, 0.3) is 5.91 Å². The second kappa shape index (κ2) is 5.80. The van der Waals surface area contributed by atoms with Crippen LogP contribution in [0.1, 0.15) is 15.9 Å². The average molecular weight is 278 g/mol. The zero-order valence-corrected chi connectivity index (χ0v) is 11.7. The lowest BCUT2D eigenvalue weighted by Gasteiger charge is -2.15. The number of anilines is 1. The number of aromatic nitrogens is 1. The van der Waals surface area contributed by atoms with Crippen molar-refractivity contribution in [1.82, 2.24) is 9.88 Å². The van der Waals surface area contributed by atoms with Crippen LogP contribution >= 0.6 is 11.6 Å². The van der Waals surface area contributed by atoms with E-state index < -0.39 is 0 Å². The molecular weight excluding hydrogens is 262 g/mol. The maximum absolute atomic E-state index is 12.1. The Morgan fingerprint density at radius 2 is 2.16 bits per heavy atom. The predicted octanol–water partition coefficient (Wildman–Crippen LogP) is 2.98. The van der Waals surface area contributed by atoms with Gasteiger partial charge in [0.2, 0.25) is 0 Å². The van der Waals surface area contributed by atoms with Crippen molar-refractivity contribution in [1.29, 1.82) is 0 Å². The minimum absolute atomic E-state index is 0.0479. The van der Waals surface area contributed by atoms with E-state index in [2.05, 4.69) is 10.3 Å². The highest BCUT2D eigenvalue weighted by Crippen LogP contribution is 2.22. The number of carbonyl (C=O) groups is 1. The first-order valence-electron chi connectivity index (χ1n) is 5.94. The van der Waals surface area contributed by atoms with Crippen molar-refractivity contribution in [3.63, 3.8) is 0 Å². The Balaban J connectivity index is 2.22. The summed E-state index contributed by atoms with van der Waals surface area (Å²) < 4.78 is 0. The number of benzene rings is 1. The fourth-order valence-electron chi connectivity index (χ4n) is 1.76. The molecule has 2 rings (SSSR count). The normalized spacial score (nSPS) is 10.3. The van der Waals surface area contributed by atoms with E-state index in [1.54, 1.807) is 37.2 Å². The Morgan fingerprint density at radius 3 is 2.79 bits per heavy atom. The summed E-state index contributed by atoms with van der Waals surface area (Å²) in [5.41, 5.74) is 2.47. The van der Waals surface area contributed by atoms with E-state index in [1.807, 2.05) is 18.5 Å². The number of halogens is 1. The van der Waals surface area contributed by atoms with Gasteiger partial charge in [0.05, 0.1) is 5.56 Å². The maximum Gasteiger partial charge on any atom is 0.255 e. The zero-order valence-electron chi connectivity index (χ0n) is 10.9. The first kappa shape index (κ1) is 13.5. The second-order valence-electron chi connectivity index (χ2n) is 4.46. The Morgan fingerprint density at radius 1 is 1.37 bits per heavy atom. The fourth-order valence-corrected chi connectivity index (χ4v) is 1.93. The van der Waals surface area contributed by atoms with Gasteiger partial charge in [0.1, 0.15) is 0 Å². The van der Waals surface area contributed by atoms with Gasteiger partial charge in [-0.3, -0.25) is 4.79 Å². The van der Waals surface area contributed by atoms with E-state index >= 15 is 0 Å². The summed E-state index contributed by atoms with van der Waals surface area (Å²) in [6.45, 7) is 0.636. The molecule has 0 saturated heterocycles. The molecule has 0 saturated carbocycles. The fraction of sp³-hybridized carbons (Fsp3) is 0.214. The number of hydrogen-bond donors (Lipinski definition) is 2. The largest absolute Gasteiger partial charge is 0.380 e. The molecule has 1 amide bonds. The summed E-state index contributed by atoms with van der Waals surface area (Å²) in [5.74, 6) is -0.0479. The topological polar surface area (TPSA) is 48.1 Å². The molecule has 2 N–H and O–H groups in total. The Hall–Kier alpha value is -1.94. The van der Waals surface area contributed by atoms with Crippen molar-refractivity contribution >= 4 is 23.2 Å². The van der Waals surface area contributed by atoms with Crippen molar-refractivity contribution in [2.45, 2.75) is 6.54 Å². The summed E-state index contributed by atoms with van der Waals surface area (Å²) in [5, 5.41) is 3.84. The van der Waals surface area contributed by atoms with E-state index in [1.165, 1.54) is 0 Å². The van der Waals surface area contributed by atoms with Gasteiger partial charge >= 0.3 is 0 Å². The SMILES string of the molecule is CN(C)C(=O)c1ccc(Cl)cc1NCc1cc[nH]c1. The van der Waals surface area contributed by atoms with Crippen LogP contribution in [0, 0.1) is 0 Å². The molecule has 0 radical (unpaired) electrons. The standard InChI is InChI=1S/C14H16ClN3O/c1-18(2)14(19)12-4-3-11(15)7-13(12)17-9-10-5-6-16-8-10/h3-8,16-17H,9H2,1-2H3. The predicted molar refractivity (Wildman–Crippen MR) is 77.6 cm³/mol. The maximum atomic E-state index is 12.1.